The Kier molecular flexibility index (Phi) is 5.49. The van der Waals surface area contributed by atoms with E-state index in [1.165, 1.54) is 7.11 Å². The number of ether oxygens (including phenoxy) is 3. The summed E-state index contributed by atoms with van der Waals surface area (Å²) >= 11 is 0. The summed E-state index contributed by atoms with van der Waals surface area (Å²) in [5.41, 5.74) is 0.457. The van der Waals surface area contributed by atoms with Crippen molar-refractivity contribution in [3.05, 3.63) is 17.7 Å². The molecule has 122 valence electrons. The van der Waals surface area contributed by atoms with Crippen molar-refractivity contribution in [2.45, 2.75) is 18.9 Å². The summed E-state index contributed by atoms with van der Waals surface area (Å²) < 4.78 is 15.8. The van der Waals surface area contributed by atoms with Gasteiger partial charge in [-0.3, -0.25) is 4.79 Å². The fraction of sp³-hybridized carbons (Fsp3) is 0.562. The average molecular weight is 308 g/mol. The Labute approximate surface area is 131 Å². The van der Waals surface area contributed by atoms with Gasteiger partial charge in [-0.1, -0.05) is 0 Å². The van der Waals surface area contributed by atoms with Crippen LogP contribution in [0.5, 0.6) is 17.2 Å². The van der Waals surface area contributed by atoms with Crippen LogP contribution in [-0.4, -0.2) is 58.3 Å². The Morgan fingerprint density at radius 3 is 2.14 bits per heavy atom. The first kappa shape index (κ1) is 16.4. The molecule has 0 atom stereocenters. The molecule has 1 aliphatic heterocycles. The minimum Gasteiger partial charge on any atom is -0.496 e. The number of carbonyl (C=O) groups excluding carboxylic acids is 1. The van der Waals surface area contributed by atoms with Crippen molar-refractivity contribution in [3.8, 4) is 17.2 Å². The molecule has 6 heteroatoms. The summed E-state index contributed by atoms with van der Waals surface area (Å²) in [5, 5.41) is 3.08. The highest BCUT2D eigenvalue weighted by atomic mass is 16.5. The topological polar surface area (TPSA) is 60.0 Å². The summed E-state index contributed by atoms with van der Waals surface area (Å²) in [7, 11) is 6.72. The maximum atomic E-state index is 12.5. The molecule has 1 saturated heterocycles. The molecule has 6 nitrogen and oxygen atoms in total. The molecule has 1 N–H and O–H groups in total. The average Bonchev–Trinajstić information content (AvgIpc) is 2.55. The monoisotopic (exact) mass is 308 g/mol. The van der Waals surface area contributed by atoms with Crippen LogP contribution in [0.4, 0.5) is 0 Å². The molecule has 1 fully saturated rings. The van der Waals surface area contributed by atoms with E-state index in [2.05, 4.69) is 17.3 Å². The number of likely N-dealkylation sites (tertiary alicyclic amines) is 1. The van der Waals surface area contributed by atoms with Crippen LogP contribution >= 0.6 is 0 Å². The van der Waals surface area contributed by atoms with Gasteiger partial charge < -0.3 is 24.4 Å². The van der Waals surface area contributed by atoms with Gasteiger partial charge in [-0.2, -0.15) is 0 Å². The van der Waals surface area contributed by atoms with Gasteiger partial charge in [-0.05, 0) is 33.0 Å². The van der Waals surface area contributed by atoms with Crippen molar-refractivity contribution < 1.29 is 19.0 Å². The molecule has 22 heavy (non-hydrogen) atoms. The Balaban J connectivity index is 2.17. The maximum absolute atomic E-state index is 12.5. The molecule has 1 aromatic carbocycles. The zero-order chi connectivity index (χ0) is 16.1. The molecule has 0 spiro atoms. The SMILES string of the molecule is COc1cc(OC)c(C(=O)NC2CCN(C)CC2)cc1OC. The van der Waals surface area contributed by atoms with Crippen molar-refractivity contribution in [3.63, 3.8) is 0 Å². The number of benzene rings is 1. The number of hydrogen-bond acceptors (Lipinski definition) is 5. The number of amides is 1. The van der Waals surface area contributed by atoms with Crippen LogP contribution < -0.4 is 19.5 Å². The summed E-state index contributed by atoms with van der Waals surface area (Å²) in [5.74, 6) is 1.38. The van der Waals surface area contributed by atoms with Crippen LogP contribution in [0.2, 0.25) is 0 Å². The fourth-order valence-electron chi connectivity index (χ4n) is 2.62. The second-order valence-corrected chi connectivity index (χ2v) is 5.46. The lowest BCUT2D eigenvalue weighted by Crippen LogP contribution is -2.43. The first-order valence-corrected chi connectivity index (χ1v) is 7.38. The van der Waals surface area contributed by atoms with E-state index >= 15 is 0 Å². The molecule has 2 rings (SSSR count). The summed E-state index contributed by atoms with van der Waals surface area (Å²) in [6, 6.07) is 3.52. The van der Waals surface area contributed by atoms with Crippen molar-refractivity contribution in [1.29, 1.82) is 0 Å². The summed E-state index contributed by atoms with van der Waals surface area (Å²) in [4.78, 5) is 14.8. The zero-order valence-corrected chi connectivity index (χ0v) is 13.6. The lowest BCUT2D eigenvalue weighted by Gasteiger charge is -2.29. The fourth-order valence-corrected chi connectivity index (χ4v) is 2.62. The van der Waals surface area contributed by atoms with E-state index in [0.29, 0.717) is 22.8 Å². The quantitative estimate of drug-likeness (QED) is 0.894. The van der Waals surface area contributed by atoms with Gasteiger partial charge in [-0.25, -0.2) is 0 Å². The summed E-state index contributed by atoms with van der Waals surface area (Å²) in [6.07, 6.45) is 1.91. The third-order valence-electron chi connectivity index (χ3n) is 4.00. The highest BCUT2D eigenvalue weighted by Gasteiger charge is 2.22. The van der Waals surface area contributed by atoms with Crippen molar-refractivity contribution in [1.82, 2.24) is 10.2 Å². The predicted molar refractivity (Wildman–Crippen MR) is 84.1 cm³/mol. The predicted octanol–water partition coefficient (Wildman–Crippen LogP) is 1.54. The second-order valence-electron chi connectivity index (χ2n) is 5.46. The molecule has 1 aromatic rings. The van der Waals surface area contributed by atoms with Crippen LogP contribution in [0.15, 0.2) is 12.1 Å². The Bertz CT molecular complexity index is 525. The first-order valence-electron chi connectivity index (χ1n) is 7.38. The van der Waals surface area contributed by atoms with Gasteiger partial charge >= 0.3 is 0 Å². The van der Waals surface area contributed by atoms with E-state index < -0.39 is 0 Å². The van der Waals surface area contributed by atoms with E-state index in [1.807, 2.05) is 0 Å². The normalized spacial score (nSPS) is 16.2. The van der Waals surface area contributed by atoms with E-state index in [9.17, 15) is 4.79 Å². The highest BCUT2D eigenvalue weighted by Crippen LogP contribution is 2.34. The minimum atomic E-state index is -0.146. The van der Waals surface area contributed by atoms with Crippen LogP contribution in [0, 0.1) is 0 Å². The number of rotatable bonds is 5. The summed E-state index contributed by atoms with van der Waals surface area (Å²) in [6.45, 7) is 1.99. The zero-order valence-electron chi connectivity index (χ0n) is 13.6. The van der Waals surface area contributed by atoms with Crippen LogP contribution in [0.1, 0.15) is 23.2 Å². The van der Waals surface area contributed by atoms with Crippen molar-refractivity contribution in [2.24, 2.45) is 0 Å². The third kappa shape index (κ3) is 3.62. The van der Waals surface area contributed by atoms with Crippen molar-refractivity contribution in [2.75, 3.05) is 41.5 Å². The minimum absolute atomic E-state index is 0.146. The Hall–Kier alpha value is -1.95. The van der Waals surface area contributed by atoms with Gasteiger partial charge in [0.05, 0.1) is 26.9 Å². The molecule has 0 saturated carbocycles. The lowest BCUT2D eigenvalue weighted by atomic mass is 10.0. The molecule has 1 aliphatic rings. The van der Waals surface area contributed by atoms with Gasteiger partial charge in [-0.15, -0.1) is 0 Å². The van der Waals surface area contributed by atoms with E-state index in [1.54, 1.807) is 26.4 Å². The number of nitrogens with one attached hydrogen (secondary N) is 1. The molecular weight excluding hydrogens is 284 g/mol. The second kappa shape index (κ2) is 7.35. The largest absolute Gasteiger partial charge is 0.496 e. The van der Waals surface area contributed by atoms with Crippen LogP contribution in [0.25, 0.3) is 0 Å². The Morgan fingerprint density at radius 2 is 1.59 bits per heavy atom. The standard InChI is InChI=1S/C16H24N2O4/c1-18-7-5-11(6-8-18)17-16(19)12-9-14(21-3)15(22-4)10-13(12)20-2/h9-11H,5-8H2,1-4H3,(H,17,19). The molecule has 0 aromatic heterocycles. The van der Waals surface area contributed by atoms with Gasteiger partial charge in [0, 0.05) is 18.2 Å². The van der Waals surface area contributed by atoms with E-state index in [-0.39, 0.29) is 11.9 Å². The maximum Gasteiger partial charge on any atom is 0.255 e. The number of nitrogens with zero attached hydrogens (tertiary/aromatic N) is 1. The Morgan fingerprint density at radius 1 is 1.05 bits per heavy atom. The van der Waals surface area contributed by atoms with Crippen molar-refractivity contribution >= 4 is 5.91 Å². The molecule has 0 radical (unpaired) electrons. The number of carbonyl (C=O) groups is 1. The molecule has 0 unspecified atom stereocenters. The number of piperidine rings is 1. The van der Waals surface area contributed by atoms with Crippen LogP contribution in [0.3, 0.4) is 0 Å². The smallest absolute Gasteiger partial charge is 0.255 e. The molecule has 1 amide bonds. The molecule has 1 heterocycles. The van der Waals surface area contributed by atoms with Gasteiger partial charge in [0.25, 0.3) is 5.91 Å². The molecule has 0 bridgehead atoms. The van der Waals surface area contributed by atoms with Crippen LogP contribution in [-0.2, 0) is 0 Å². The third-order valence-corrected chi connectivity index (χ3v) is 4.00. The van der Waals surface area contributed by atoms with Gasteiger partial charge in [0.15, 0.2) is 11.5 Å². The molecule has 0 aliphatic carbocycles. The van der Waals surface area contributed by atoms with E-state index in [0.717, 1.165) is 25.9 Å². The first-order chi connectivity index (χ1) is 10.6. The van der Waals surface area contributed by atoms with Gasteiger partial charge in [0.2, 0.25) is 0 Å². The molecular formula is C16H24N2O4. The highest BCUT2D eigenvalue weighted by molar-refractivity contribution is 5.98. The number of methoxy groups -OCH3 is 3. The number of hydrogen-bond donors (Lipinski definition) is 1. The van der Waals surface area contributed by atoms with E-state index in [4.69, 9.17) is 14.2 Å². The van der Waals surface area contributed by atoms with Gasteiger partial charge in [0.1, 0.15) is 5.75 Å². The lowest BCUT2D eigenvalue weighted by molar-refractivity contribution is 0.0913.